The number of hydrogen-bond acceptors (Lipinski definition) is 7. The van der Waals surface area contributed by atoms with Gasteiger partial charge in [0.25, 0.3) is 10.0 Å². The molecule has 190 valence electrons. The van der Waals surface area contributed by atoms with Crippen molar-refractivity contribution in [2.75, 3.05) is 11.3 Å². The van der Waals surface area contributed by atoms with Gasteiger partial charge in [-0.25, -0.2) is 22.6 Å². The number of hydrogen-bond donors (Lipinski definition) is 3. The molecule has 0 spiro atoms. The maximum absolute atomic E-state index is 14.3. The van der Waals surface area contributed by atoms with Crippen LogP contribution in [0.3, 0.4) is 0 Å². The van der Waals surface area contributed by atoms with Crippen molar-refractivity contribution in [1.82, 2.24) is 15.2 Å². The lowest BCUT2D eigenvalue weighted by atomic mass is 10.0. The van der Waals surface area contributed by atoms with Crippen molar-refractivity contribution in [3.8, 4) is 11.3 Å². The predicted molar refractivity (Wildman–Crippen MR) is 133 cm³/mol. The maximum Gasteiger partial charge on any atom is 0.339 e. The van der Waals surface area contributed by atoms with Gasteiger partial charge in [0.15, 0.2) is 5.65 Å². The minimum absolute atomic E-state index is 0.0855. The number of ether oxygens (including phenoxy) is 1. The molecular weight excluding hydrogens is 501 g/mol. The number of amides is 1. The van der Waals surface area contributed by atoms with E-state index < -0.39 is 27.7 Å². The van der Waals surface area contributed by atoms with Crippen LogP contribution in [0.5, 0.6) is 0 Å². The first-order valence-corrected chi connectivity index (χ1v) is 12.9. The molecule has 0 saturated heterocycles. The van der Waals surface area contributed by atoms with Crippen LogP contribution in [0.1, 0.15) is 52.1 Å². The molecule has 5 rings (SSSR count). The first-order valence-electron chi connectivity index (χ1n) is 11.5. The van der Waals surface area contributed by atoms with E-state index in [9.17, 15) is 22.4 Å². The van der Waals surface area contributed by atoms with E-state index in [0.29, 0.717) is 33.8 Å². The van der Waals surface area contributed by atoms with Crippen molar-refractivity contribution < 1.29 is 27.1 Å². The zero-order valence-corrected chi connectivity index (χ0v) is 20.4. The molecule has 10 nitrogen and oxygen atoms in total. The Bertz CT molecular complexity index is 1650. The number of carbonyl (C=O) groups is 2. The number of primary amides is 1. The van der Waals surface area contributed by atoms with Gasteiger partial charge in [0.05, 0.1) is 33.8 Å². The van der Waals surface area contributed by atoms with Crippen LogP contribution >= 0.6 is 0 Å². The van der Waals surface area contributed by atoms with Crippen LogP contribution in [0.15, 0.2) is 53.4 Å². The number of sulfonamides is 1. The molecule has 4 aromatic rings. The molecule has 2 aromatic heterocycles. The average Bonchev–Trinajstić information content (AvgIpc) is 3.63. The number of benzene rings is 2. The van der Waals surface area contributed by atoms with Crippen LogP contribution in [0, 0.1) is 5.82 Å². The summed E-state index contributed by atoms with van der Waals surface area (Å²) in [6.07, 6.45) is 2.01. The Balaban J connectivity index is 1.46. The summed E-state index contributed by atoms with van der Waals surface area (Å²) in [6.45, 7) is 1.93. The summed E-state index contributed by atoms with van der Waals surface area (Å²) >= 11 is 0. The molecule has 0 unspecified atom stereocenters. The lowest BCUT2D eigenvalue weighted by Gasteiger charge is -2.11. The Hall–Kier alpha value is -4.32. The Morgan fingerprint density at radius 2 is 1.89 bits per heavy atom. The highest BCUT2D eigenvalue weighted by molar-refractivity contribution is 7.92. The zero-order valence-electron chi connectivity index (χ0n) is 19.6. The summed E-state index contributed by atoms with van der Waals surface area (Å²) in [5.41, 5.74) is 7.23. The second-order valence-corrected chi connectivity index (χ2v) is 10.3. The van der Waals surface area contributed by atoms with Gasteiger partial charge in [-0.05, 0) is 56.2 Å². The third-order valence-corrected chi connectivity index (χ3v) is 7.37. The Labute approximate surface area is 211 Å². The molecule has 1 amide bonds. The van der Waals surface area contributed by atoms with E-state index in [1.807, 2.05) is 0 Å². The fourth-order valence-corrected chi connectivity index (χ4v) is 5.06. The zero-order chi connectivity index (χ0) is 26.3. The van der Waals surface area contributed by atoms with E-state index in [1.165, 1.54) is 30.3 Å². The van der Waals surface area contributed by atoms with Crippen molar-refractivity contribution in [1.29, 1.82) is 0 Å². The summed E-state index contributed by atoms with van der Waals surface area (Å²) in [6, 6.07) is 10.5. The smallest absolute Gasteiger partial charge is 0.339 e. The molecule has 0 aliphatic heterocycles. The van der Waals surface area contributed by atoms with Crippen LogP contribution in [0.25, 0.3) is 22.3 Å². The van der Waals surface area contributed by atoms with E-state index >= 15 is 0 Å². The summed E-state index contributed by atoms with van der Waals surface area (Å²) in [7, 11) is -4.15. The number of nitrogens with two attached hydrogens (primary N) is 1. The van der Waals surface area contributed by atoms with Gasteiger partial charge in [-0.3, -0.25) is 14.6 Å². The van der Waals surface area contributed by atoms with Crippen LogP contribution in [0.4, 0.5) is 10.1 Å². The standard InChI is InChI=1S/C25H22FN5O5S/c1-2-36-25(33)17-12-20(28-24-21(17)22(29-30-24)14-3-4-14)13-5-8-16(9-6-13)37(34,35)31-19-10-7-15(23(27)32)11-18(19)26/h5-12,14,31H,2-4H2,1H3,(H2,27,32)(H,28,29,30). The second-order valence-electron chi connectivity index (χ2n) is 8.57. The van der Waals surface area contributed by atoms with E-state index in [2.05, 4.69) is 19.9 Å². The quantitative estimate of drug-likeness (QED) is 0.297. The summed E-state index contributed by atoms with van der Waals surface area (Å²) < 4.78 is 47.4. The van der Waals surface area contributed by atoms with Crippen molar-refractivity contribution in [3.63, 3.8) is 0 Å². The third-order valence-electron chi connectivity index (χ3n) is 5.99. The molecule has 0 radical (unpaired) electrons. The van der Waals surface area contributed by atoms with Crippen molar-refractivity contribution in [3.05, 3.63) is 71.2 Å². The van der Waals surface area contributed by atoms with Gasteiger partial charge < -0.3 is 10.5 Å². The molecule has 4 N–H and O–H groups in total. The molecule has 1 fully saturated rings. The molecular formula is C25H22FN5O5S. The molecule has 12 heteroatoms. The number of H-pyrrole nitrogens is 1. The molecule has 37 heavy (non-hydrogen) atoms. The number of aromatic amines is 1. The molecule has 0 bridgehead atoms. The maximum atomic E-state index is 14.3. The average molecular weight is 524 g/mol. The first kappa shape index (κ1) is 24.4. The number of anilines is 1. The van der Waals surface area contributed by atoms with E-state index in [-0.39, 0.29) is 22.8 Å². The highest BCUT2D eigenvalue weighted by Gasteiger charge is 2.31. The van der Waals surface area contributed by atoms with Gasteiger partial charge in [0.2, 0.25) is 5.91 Å². The molecule has 2 aromatic carbocycles. The number of esters is 1. The molecule has 1 saturated carbocycles. The monoisotopic (exact) mass is 523 g/mol. The topological polar surface area (TPSA) is 157 Å². The Morgan fingerprint density at radius 3 is 2.51 bits per heavy atom. The van der Waals surface area contributed by atoms with Crippen molar-refractivity contribution >= 4 is 38.6 Å². The van der Waals surface area contributed by atoms with Gasteiger partial charge in [-0.2, -0.15) is 5.10 Å². The molecule has 1 aliphatic rings. The number of pyridine rings is 1. The van der Waals surface area contributed by atoms with E-state index in [0.717, 1.165) is 30.7 Å². The minimum Gasteiger partial charge on any atom is -0.462 e. The molecule has 1 aliphatic carbocycles. The summed E-state index contributed by atoms with van der Waals surface area (Å²) in [5.74, 6) is -1.96. The predicted octanol–water partition coefficient (Wildman–Crippen LogP) is 3.72. The van der Waals surface area contributed by atoms with Crippen LogP contribution in [-0.4, -0.2) is 42.1 Å². The number of rotatable bonds is 8. The van der Waals surface area contributed by atoms with Gasteiger partial charge >= 0.3 is 5.97 Å². The lowest BCUT2D eigenvalue weighted by Crippen LogP contribution is -2.15. The number of nitrogens with zero attached hydrogens (tertiary/aromatic N) is 2. The Morgan fingerprint density at radius 1 is 1.16 bits per heavy atom. The van der Waals surface area contributed by atoms with Crippen LogP contribution in [0.2, 0.25) is 0 Å². The normalized spacial score (nSPS) is 13.5. The third kappa shape index (κ3) is 4.75. The van der Waals surface area contributed by atoms with Crippen LogP contribution in [-0.2, 0) is 14.8 Å². The fraction of sp³-hybridized carbons (Fsp3) is 0.200. The largest absolute Gasteiger partial charge is 0.462 e. The van der Waals surface area contributed by atoms with Gasteiger partial charge in [-0.15, -0.1) is 0 Å². The minimum atomic E-state index is -4.15. The number of fused-ring (bicyclic) bond motifs is 1. The summed E-state index contributed by atoms with van der Waals surface area (Å²) in [4.78, 5) is 28.4. The number of carbonyl (C=O) groups excluding carboxylic acids is 2. The second kappa shape index (κ2) is 9.28. The molecule has 2 heterocycles. The van der Waals surface area contributed by atoms with E-state index in [4.69, 9.17) is 10.5 Å². The SMILES string of the molecule is CCOC(=O)c1cc(-c2ccc(S(=O)(=O)Nc3ccc(C(N)=O)cc3F)cc2)nc2n[nH]c(C3CC3)c12. The Kier molecular flexibility index (Phi) is 6.12. The molecule has 0 atom stereocenters. The van der Waals surface area contributed by atoms with Crippen LogP contribution < -0.4 is 10.5 Å². The van der Waals surface area contributed by atoms with Crippen molar-refractivity contribution in [2.45, 2.75) is 30.6 Å². The lowest BCUT2D eigenvalue weighted by molar-refractivity contribution is 0.0528. The van der Waals surface area contributed by atoms with Crippen molar-refractivity contribution in [2.24, 2.45) is 5.73 Å². The van der Waals surface area contributed by atoms with Gasteiger partial charge in [0, 0.05) is 22.7 Å². The number of halogens is 1. The fourth-order valence-electron chi connectivity index (χ4n) is 3.99. The highest BCUT2D eigenvalue weighted by atomic mass is 32.2. The van der Waals surface area contributed by atoms with Gasteiger partial charge in [0.1, 0.15) is 5.82 Å². The number of aromatic nitrogens is 3. The van der Waals surface area contributed by atoms with Gasteiger partial charge in [-0.1, -0.05) is 12.1 Å². The highest BCUT2D eigenvalue weighted by Crippen LogP contribution is 2.43. The van der Waals surface area contributed by atoms with E-state index in [1.54, 1.807) is 13.0 Å². The number of nitrogens with one attached hydrogen (secondary N) is 2. The summed E-state index contributed by atoms with van der Waals surface area (Å²) in [5, 5.41) is 7.91. The first-order chi connectivity index (χ1) is 17.7.